The Morgan fingerprint density at radius 1 is 0.271 bits per heavy atom. The maximum atomic E-state index is 2.73. The quantitative estimate of drug-likeness (QED) is 0.0598. The van der Waals surface area contributed by atoms with Gasteiger partial charge >= 0.3 is 0 Å². The van der Waals surface area contributed by atoms with E-state index < -0.39 is 0 Å². The van der Waals surface area contributed by atoms with Crippen molar-refractivity contribution in [2.75, 3.05) is 13.1 Å². The number of hydrogen-bond acceptors (Lipinski definition) is 2. The number of rotatable bonds is 40. The summed E-state index contributed by atoms with van der Waals surface area (Å²) in [6.07, 6.45) is 60.4. The molecule has 1 heterocycles. The van der Waals surface area contributed by atoms with Crippen molar-refractivity contribution in [3.8, 4) is 0 Å². The Bertz CT molecular complexity index is 630. The van der Waals surface area contributed by atoms with Gasteiger partial charge < -0.3 is 9.80 Å². The van der Waals surface area contributed by atoms with Crippen LogP contribution in [0.5, 0.6) is 0 Å². The Kier molecular flexibility index (Phi) is 35.5. The zero-order valence-corrected chi connectivity index (χ0v) is 33.9. The molecule has 1 aliphatic heterocycles. The van der Waals surface area contributed by atoms with E-state index in [0.29, 0.717) is 6.17 Å². The predicted molar refractivity (Wildman–Crippen MR) is 219 cm³/mol. The van der Waals surface area contributed by atoms with Gasteiger partial charge in [0.1, 0.15) is 6.17 Å². The number of unbranched alkanes of at least 4 members (excludes halogenated alkanes) is 34. The van der Waals surface area contributed by atoms with Crippen LogP contribution in [0, 0.1) is 0 Å². The van der Waals surface area contributed by atoms with E-state index in [1.165, 1.54) is 257 Å². The lowest BCUT2D eigenvalue weighted by molar-refractivity contribution is 0.135. The molecular weight excluding hydrogens is 581 g/mol. The fourth-order valence-electron chi connectivity index (χ4n) is 7.95. The van der Waals surface area contributed by atoms with Crippen molar-refractivity contribution in [3.63, 3.8) is 0 Å². The zero-order chi connectivity index (χ0) is 34.4. The molecule has 0 radical (unpaired) electrons. The molecular formula is C46H92N2. The first-order chi connectivity index (χ1) is 23.8. The first kappa shape index (κ1) is 45.4. The molecule has 0 aromatic heterocycles. The first-order valence-electron chi connectivity index (χ1n) is 23.0. The molecule has 0 aromatic rings. The molecule has 1 aliphatic rings. The molecule has 2 heteroatoms. The van der Waals surface area contributed by atoms with Gasteiger partial charge in [0, 0.05) is 25.5 Å². The third kappa shape index (κ3) is 29.1. The van der Waals surface area contributed by atoms with Gasteiger partial charge in [0.2, 0.25) is 0 Å². The highest BCUT2D eigenvalue weighted by atomic mass is 15.4. The highest BCUT2D eigenvalue weighted by Gasteiger charge is 2.24. The van der Waals surface area contributed by atoms with E-state index in [1.54, 1.807) is 0 Å². The second-order valence-electron chi connectivity index (χ2n) is 16.1. The molecule has 48 heavy (non-hydrogen) atoms. The highest BCUT2D eigenvalue weighted by Crippen LogP contribution is 2.24. The lowest BCUT2D eigenvalue weighted by Gasteiger charge is -2.33. The van der Waals surface area contributed by atoms with Crippen LogP contribution in [-0.2, 0) is 0 Å². The molecule has 0 amide bonds. The summed E-state index contributed by atoms with van der Waals surface area (Å²) in [6, 6.07) is 0. The fourth-order valence-corrected chi connectivity index (χ4v) is 7.95. The fraction of sp³-hybridized carbons (Fsp3) is 0.957. The SMILES string of the molecule is CCCCCCCCCCCCCCCCCCN1C=CN(CCCCCCCCCCCCCCC)C1CCCCCCCCCC. The summed E-state index contributed by atoms with van der Waals surface area (Å²) in [5.41, 5.74) is 0. The topological polar surface area (TPSA) is 6.48 Å². The smallest absolute Gasteiger partial charge is 0.101 e. The molecule has 0 aromatic carbocycles. The van der Waals surface area contributed by atoms with Crippen LogP contribution in [0.2, 0.25) is 0 Å². The summed E-state index contributed by atoms with van der Waals surface area (Å²) >= 11 is 0. The van der Waals surface area contributed by atoms with Gasteiger partial charge in [0.05, 0.1) is 0 Å². The molecule has 0 saturated carbocycles. The van der Waals surface area contributed by atoms with E-state index in [0.717, 1.165) is 0 Å². The second-order valence-corrected chi connectivity index (χ2v) is 16.1. The van der Waals surface area contributed by atoms with Crippen molar-refractivity contribution in [1.29, 1.82) is 0 Å². The van der Waals surface area contributed by atoms with Crippen LogP contribution in [0.4, 0.5) is 0 Å². The Balaban J connectivity index is 2.15. The van der Waals surface area contributed by atoms with Gasteiger partial charge in [-0.1, -0.05) is 239 Å². The van der Waals surface area contributed by atoms with Crippen LogP contribution in [0.1, 0.15) is 265 Å². The number of hydrogen-bond donors (Lipinski definition) is 0. The van der Waals surface area contributed by atoms with Gasteiger partial charge in [-0.15, -0.1) is 0 Å². The van der Waals surface area contributed by atoms with Crippen LogP contribution >= 0.6 is 0 Å². The van der Waals surface area contributed by atoms with Crippen LogP contribution in [0.15, 0.2) is 12.4 Å². The second kappa shape index (κ2) is 37.6. The first-order valence-corrected chi connectivity index (χ1v) is 23.0. The minimum atomic E-state index is 0.638. The summed E-state index contributed by atoms with van der Waals surface area (Å²) < 4.78 is 0. The largest absolute Gasteiger partial charge is 0.356 e. The maximum absolute atomic E-state index is 2.73. The van der Waals surface area contributed by atoms with E-state index in [-0.39, 0.29) is 0 Å². The molecule has 0 saturated heterocycles. The highest BCUT2D eigenvalue weighted by molar-refractivity contribution is 4.97. The molecule has 286 valence electrons. The molecule has 0 aliphatic carbocycles. The van der Waals surface area contributed by atoms with Gasteiger partial charge in [0.25, 0.3) is 0 Å². The lowest BCUT2D eigenvalue weighted by Crippen LogP contribution is -2.39. The van der Waals surface area contributed by atoms with E-state index in [9.17, 15) is 0 Å². The average Bonchev–Trinajstić information content (AvgIpc) is 3.48. The molecule has 0 bridgehead atoms. The predicted octanol–water partition coefficient (Wildman–Crippen LogP) is 16.3. The Hall–Kier alpha value is -0.660. The number of nitrogens with zero attached hydrogens (tertiary/aromatic N) is 2. The Labute approximate surface area is 305 Å². The van der Waals surface area contributed by atoms with Gasteiger partial charge in [-0.2, -0.15) is 0 Å². The van der Waals surface area contributed by atoms with Gasteiger partial charge in [-0.05, 0) is 25.7 Å². The molecule has 2 nitrogen and oxygen atoms in total. The van der Waals surface area contributed by atoms with E-state index in [4.69, 9.17) is 0 Å². The van der Waals surface area contributed by atoms with Crippen molar-refractivity contribution in [2.45, 2.75) is 271 Å². The van der Waals surface area contributed by atoms with Crippen LogP contribution in [-0.4, -0.2) is 29.1 Å². The lowest BCUT2D eigenvalue weighted by atomic mass is 10.0. The summed E-state index contributed by atoms with van der Waals surface area (Å²) in [5.74, 6) is 0. The Morgan fingerprint density at radius 3 is 0.729 bits per heavy atom. The Morgan fingerprint density at radius 2 is 0.479 bits per heavy atom. The van der Waals surface area contributed by atoms with E-state index in [2.05, 4.69) is 43.0 Å². The normalized spacial score (nSPS) is 14.6. The van der Waals surface area contributed by atoms with E-state index >= 15 is 0 Å². The van der Waals surface area contributed by atoms with Crippen molar-refractivity contribution < 1.29 is 0 Å². The van der Waals surface area contributed by atoms with Crippen LogP contribution < -0.4 is 0 Å². The molecule has 0 N–H and O–H groups in total. The molecule has 0 spiro atoms. The monoisotopic (exact) mass is 673 g/mol. The summed E-state index contributed by atoms with van der Waals surface area (Å²) in [5, 5.41) is 0. The summed E-state index contributed by atoms with van der Waals surface area (Å²) in [4.78, 5) is 5.46. The average molecular weight is 673 g/mol. The van der Waals surface area contributed by atoms with Gasteiger partial charge in [0.15, 0.2) is 0 Å². The molecule has 1 unspecified atom stereocenters. The third-order valence-electron chi connectivity index (χ3n) is 11.3. The van der Waals surface area contributed by atoms with Gasteiger partial charge in [-0.25, -0.2) is 0 Å². The summed E-state index contributed by atoms with van der Waals surface area (Å²) in [6.45, 7) is 9.49. The molecule has 0 fully saturated rings. The minimum absolute atomic E-state index is 0.638. The standard InChI is InChI=1S/C46H92N2/c1-4-7-10-13-16-19-21-23-24-25-27-29-31-34-37-40-43-48-45-44-47(46(48)41-38-35-32-18-15-12-9-6-3)42-39-36-33-30-28-26-22-20-17-14-11-8-5-2/h44-46H,4-43H2,1-3H3. The van der Waals surface area contributed by atoms with Crippen molar-refractivity contribution in [1.82, 2.24) is 9.80 Å². The van der Waals surface area contributed by atoms with Crippen molar-refractivity contribution >= 4 is 0 Å². The molecule has 1 rings (SSSR count). The van der Waals surface area contributed by atoms with Crippen LogP contribution in [0.25, 0.3) is 0 Å². The van der Waals surface area contributed by atoms with Crippen molar-refractivity contribution in [2.24, 2.45) is 0 Å². The van der Waals surface area contributed by atoms with Crippen LogP contribution in [0.3, 0.4) is 0 Å². The third-order valence-corrected chi connectivity index (χ3v) is 11.3. The van der Waals surface area contributed by atoms with Gasteiger partial charge in [-0.3, -0.25) is 0 Å². The summed E-state index contributed by atoms with van der Waals surface area (Å²) in [7, 11) is 0. The maximum Gasteiger partial charge on any atom is 0.101 e. The minimum Gasteiger partial charge on any atom is -0.356 e. The zero-order valence-electron chi connectivity index (χ0n) is 33.9. The van der Waals surface area contributed by atoms with Crippen molar-refractivity contribution in [3.05, 3.63) is 12.4 Å². The molecule has 1 atom stereocenters. The van der Waals surface area contributed by atoms with E-state index in [1.807, 2.05) is 0 Å².